The van der Waals surface area contributed by atoms with E-state index in [-0.39, 0.29) is 0 Å². The Morgan fingerprint density at radius 1 is 1.43 bits per heavy atom. The van der Waals surface area contributed by atoms with Gasteiger partial charge in [-0.3, -0.25) is 0 Å². The summed E-state index contributed by atoms with van der Waals surface area (Å²) < 4.78 is 0. The number of hydrogen-bond donors (Lipinski definition) is 1. The van der Waals surface area contributed by atoms with Crippen LogP contribution >= 0.6 is 11.3 Å². The summed E-state index contributed by atoms with van der Waals surface area (Å²) in [6.07, 6.45) is 6.07. The Hall–Kier alpha value is -0.760. The number of nitrogen functional groups attached to an aromatic ring is 1. The lowest BCUT2D eigenvalue weighted by Crippen LogP contribution is -2.01. The normalized spacial score (nSPS) is 15.2. The van der Waals surface area contributed by atoms with E-state index in [1.165, 1.54) is 47.3 Å². The first-order chi connectivity index (χ1) is 6.74. The van der Waals surface area contributed by atoms with E-state index in [9.17, 15) is 0 Å². The van der Waals surface area contributed by atoms with Crippen molar-refractivity contribution in [1.29, 1.82) is 0 Å². The highest BCUT2D eigenvalue weighted by atomic mass is 32.1. The van der Waals surface area contributed by atoms with Crippen molar-refractivity contribution in [1.82, 2.24) is 0 Å². The van der Waals surface area contributed by atoms with Crippen molar-refractivity contribution in [2.45, 2.75) is 39.0 Å². The van der Waals surface area contributed by atoms with Crippen LogP contribution in [-0.2, 0) is 12.8 Å². The van der Waals surface area contributed by atoms with Gasteiger partial charge in [-0.25, -0.2) is 0 Å². The molecular weight excluding hydrogens is 190 g/mol. The quantitative estimate of drug-likeness (QED) is 0.787. The molecule has 14 heavy (non-hydrogen) atoms. The molecule has 0 fully saturated rings. The van der Waals surface area contributed by atoms with Crippen molar-refractivity contribution in [2.75, 3.05) is 5.73 Å². The van der Waals surface area contributed by atoms with Crippen molar-refractivity contribution in [3.05, 3.63) is 22.6 Å². The highest BCUT2D eigenvalue weighted by Crippen LogP contribution is 2.40. The average Bonchev–Trinajstić information content (AvgIpc) is 2.53. The van der Waals surface area contributed by atoms with Crippen LogP contribution in [0.2, 0.25) is 0 Å². The molecule has 1 aromatic rings. The zero-order valence-corrected chi connectivity index (χ0v) is 9.54. The standard InChI is InChI=1S/C12H17NS/c1-3-8(2)11-9-6-4-5-7-10(9)14-12(11)13/h2-7,13H2,1H3. The third-order valence-electron chi connectivity index (χ3n) is 2.98. The second-order valence-electron chi connectivity index (χ2n) is 3.91. The topological polar surface area (TPSA) is 26.0 Å². The van der Waals surface area contributed by atoms with Crippen LogP contribution in [0.15, 0.2) is 6.58 Å². The van der Waals surface area contributed by atoms with E-state index in [1.807, 2.05) is 0 Å². The van der Waals surface area contributed by atoms with Gasteiger partial charge in [-0.05, 0) is 43.2 Å². The first kappa shape index (κ1) is 9.78. The average molecular weight is 207 g/mol. The smallest absolute Gasteiger partial charge is 0.0938 e. The highest BCUT2D eigenvalue weighted by molar-refractivity contribution is 7.16. The molecule has 1 aromatic heterocycles. The van der Waals surface area contributed by atoms with Gasteiger partial charge in [0.15, 0.2) is 0 Å². The van der Waals surface area contributed by atoms with Crippen LogP contribution in [0.5, 0.6) is 0 Å². The molecule has 2 heteroatoms. The van der Waals surface area contributed by atoms with E-state index >= 15 is 0 Å². The number of anilines is 1. The second kappa shape index (κ2) is 3.77. The summed E-state index contributed by atoms with van der Waals surface area (Å²) in [5.41, 5.74) is 10.1. The Labute approximate surface area is 89.6 Å². The van der Waals surface area contributed by atoms with Crippen molar-refractivity contribution >= 4 is 21.9 Å². The van der Waals surface area contributed by atoms with Gasteiger partial charge in [0.2, 0.25) is 0 Å². The molecule has 1 aliphatic carbocycles. The van der Waals surface area contributed by atoms with E-state index in [1.54, 1.807) is 11.3 Å². The molecule has 0 aliphatic heterocycles. The van der Waals surface area contributed by atoms with Crippen molar-refractivity contribution < 1.29 is 0 Å². The largest absolute Gasteiger partial charge is 0.390 e. The van der Waals surface area contributed by atoms with Gasteiger partial charge < -0.3 is 5.73 Å². The van der Waals surface area contributed by atoms with Crippen LogP contribution in [0.25, 0.3) is 5.57 Å². The summed E-state index contributed by atoms with van der Waals surface area (Å²) in [6.45, 7) is 6.26. The van der Waals surface area contributed by atoms with Crippen LogP contribution in [0.3, 0.4) is 0 Å². The molecular formula is C12H17NS. The number of aryl methyl sites for hydroxylation is 1. The lowest BCUT2D eigenvalue weighted by molar-refractivity contribution is 0.696. The fourth-order valence-electron chi connectivity index (χ4n) is 2.15. The predicted octanol–water partition coefficient (Wildman–Crippen LogP) is 3.63. The molecule has 0 spiro atoms. The molecule has 0 radical (unpaired) electrons. The number of rotatable bonds is 2. The van der Waals surface area contributed by atoms with E-state index < -0.39 is 0 Å². The molecule has 0 aromatic carbocycles. The summed E-state index contributed by atoms with van der Waals surface area (Å²) in [4.78, 5) is 1.51. The van der Waals surface area contributed by atoms with Crippen molar-refractivity contribution in [2.24, 2.45) is 0 Å². The van der Waals surface area contributed by atoms with Crippen molar-refractivity contribution in [3.63, 3.8) is 0 Å². The monoisotopic (exact) mass is 207 g/mol. The van der Waals surface area contributed by atoms with Crippen LogP contribution in [-0.4, -0.2) is 0 Å². The molecule has 0 unspecified atom stereocenters. The molecule has 0 saturated carbocycles. The van der Waals surface area contributed by atoms with Crippen LogP contribution in [0, 0.1) is 0 Å². The summed E-state index contributed by atoms with van der Waals surface area (Å²) in [5.74, 6) is 0. The third kappa shape index (κ3) is 1.48. The summed E-state index contributed by atoms with van der Waals surface area (Å²) >= 11 is 1.78. The maximum absolute atomic E-state index is 6.06. The minimum absolute atomic E-state index is 0.990. The summed E-state index contributed by atoms with van der Waals surface area (Å²) in [5, 5.41) is 0.990. The SMILES string of the molecule is C=C(CC)c1c(N)sc2c1CCCC2. The number of thiophene rings is 1. The van der Waals surface area contributed by atoms with Crippen LogP contribution in [0.1, 0.15) is 42.2 Å². The first-order valence-corrected chi connectivity index (χ1v) is 6.13. The molecule has 2 N–H and O–H groups in total. The molecule has 0 saturated heterocycles. The second-order valence-corrected chi connectivity index (χ2v) is 5.04. The number of hydrogen-bond acceptors (Lipinski definition) is 2. The zero-order chi connectivity index (χ0) is 10.1. The maximum atomic E-state index is 6.06. The number of fused-ring (bicyclic) bond motifs is 1. The third-order valence-corrected chi connectivity index (χ3v) is 4.10. The number of allylic oxidation sites excluding steroid dienone is 1. The lowest BCUT2D eigenvalue weighted by Gasteiger charge is -2.13. The zero-order valence-electron chi connectivity index (χ0n) is 8.73. The van der Waals surface area contributed by atoms with Crippen molar-refractivity contribution in [3.8, 4) is 0 Å². The predicted molar refractivity (Wildman–Crippen MR) is 64.7 cm³/mol. The van der Waals surface area contributed by atoms with Gasteiger partial charge in [-0.2, -0.15) is 0 Å². The van der Waals surface area contributed by atoms with Gasteiger partial charge in [0.05, 0.1) is 5.00 Å². The van der Waals surface area contributed by atoms with E-state index in [0.717, 1.165) is 11.4 Å². The van der Waals surface area contributed by atoms with Gasteiger partial charge >= 0.3 is 0 Å². The van der Waals surface area contributed by atoms with E-state index in [0.29, 0.717) is 0 Å². The molecule has 0 atom stereocenters. The summed E-state index contributed by atoms with van der Waals surface area (Å²) in [6, 6.07) is 0. The molecule has 1 heterocycles. The Bertz CT molecular complexity index is 363. The van der Waals surface area contributed by atoms with E-state index in [4.69, 9.17) is 5.73 Å². The highest BCUT2D eigenvalue weighted by Gasteiger charge is 2.19. The molecule has 0 amide bonds. The maximum Gasteiger partial charge on any atom is 0.0938 e. The summed E-state index contributed by atoms with van der Waals surface area (Å²) in [7, 11) is 0. The van der Waals surface area contributed by atoms with Gasteiger partial charge in [-0.1, -0.05) is 13.5 Å². The molecule has 2 rings (SSSR count). The van der Waals surface area contributed by atoms with Crippen LogP contribution < -0.4 is 5.73 Å². The van der Waals surface area contributed by atoms with E-state index in [2.05, 4.69) is 13.5 Å². The Morgan fingerprint density at radius 2 is 2.14 bits per heavy atom. The molecule has 76 valence electrons. The van der Waals surface area contributed by atoms with Gasteiger partial charge in [0.1, 0.15) is 0 Å². The fourth-order valence-corrected chi connectivity index (χ4v) is 3.36. The molecule has 1 nitrogen and oxygen atoms in total. The van der Waals surface area contributed by atoms with Gasteiger partial charge in [0, 0.05) is 10.4 Å². The van der Waals surface area contributed by atoms with Gasteiger partial charge in [0.25, 0.3) is 0 Å². The lowest BCUT2D eigenvalue weighted by atomic mass is 9.92. The minimum Gasteiger partial charge on any atom is -0.390 e. The molecule has 0 bridgehead atoms. The Kier molecular flexibility index (Phi) is 2.64. The fraction of sp³-hybridized carbons (Fsp3) is 0.500. The Balaban J connectivity index is 2.47. The Morgan fingerprint density at radius 3 is 2.86 bits per heavy atom. The minimum atomic E-state index is 0.990. The number of nitrogens with two attached hydrogens (primary N) is 1. The van der Waals surface area contributed by atoms with Crippen LogP contribution in [0.4, 0.5) is 5.00 Å². The molecule has 1 aliphatic rings. The first-order valence-electron chi connectivity index (χ1n) is 5.32. The van der Waals surface area contributed by atoms with Gasteiger partial charge in [-0.15, -0.1) is 11.3 Å².